The Balaban J connectivity index is 1.87. The number of nitrogens with one attached hydrogen (secondary N) is 1. The maximum atomic E-state index is 13.1. The second kappa shape index (κ2) is 68.5. The van der Waals surface area contributed by atoms with Crippen LogP contribution in [0.25, 0.3) is 0 Å². The van der Waals surface area contributed by atoms with Gasteiger partial charge >= 0.3 is 5.97 Å². The molecule has 0 bridgehead atoms. The van der Waals surface area contributed by atoms with Crippen molar-refractivity contribution in [3.05, 3.63) is 24.3 Å². The molecule has 0 aromatic carbocycles. The van der Waals surface area contributed by atoms with E-state index in [2.05, 4.69) is 31.3 Å². The maximum Gasteiger partial charge on any atom is 0.305 e. The number of rotatable bonds is 71. The smallest absolute Gasteiger partial charge is 0.305 e. The molecule has 1 saturated heterocycles. The van der Waals surface area contributed by atoms with Crippen molar-refractivity contribution in [1.82, 2.24) is 5.32 Å². The van der Waals surface area contributed by atoms with E-state index in [1.807, 2.05) is 6.08 Å². The molecule has 7 atom stereocenters. The normalized spacial score (nSPS) is 17.7. The van der Waals surface area contributed by atoms with Gasteiger partial charge in [0, 0.05) is 12.8 Å². The lowest BCUT2D eigenvalue weighted by molar-refractivity contribution is -0.302. The molecule has 6 N–H and O–H groups in total. The predicted molar refractivity (Wildman–Crippen MR) is 380 cm³/mol. The van der Waals surface area contributed by atoms with Crippen molar-refractivity contribution >= 4 is 11.9 Å². The van der Waals surface area contributed by atoms with Crippen molar-refractivity contribution < 1.29 is 49.3 Å². The van der Waals surface area contributed by atoms with Crippen molar-refractivity contribution in [1.29, 1.82) is 0 Å². The molecule has 1 heterocycles. The maximum absolute atomic E-state index is 13.1. The van der Waals surface area contributed by atoms with Gasteiger partial charge in [0.1, 0.15) is 24.4 Å². The number of allylic oxidation sites excluding steroid dienone is 3. The summed E-state index contributed by atoms with van der Waals surface area (Å²) < 4.78 is 16.7. The highest BCUT2D eigenvalue weighted by Gasteiger charge is 2.44. The summed E-state index contributed by atoms with van der Waals surface area (Å²) in [7, 11) is 0. The van der Waals surface area contributed by atoms with E-state index in [9.17, 15) is 35.1 Å². The first kappa shape index (κ1) is 86.2. The summed E-state index contributed by atoms with van der Waals surface area (Å²) in [4.78, 5) is 25.1. The zero-order valence-electron chi connectivity index (χ0n) is 59.4. The lowest BCUT2D eigenvalue weighted by atomic mass is 9.99. The summed E-state index contributed by atoms with van der Waals surface area (Å²) in [6, 6.07) is -0.804. The van der Waals surface area contributed by atoms with Crippen LogP contribution in [0.2, 0.25) is 0 Å². The first-order valence-electron chi connectivity index (χ1n) is 39.6. The Hall–Kier alpha value is -1.86. The van der Waals surface area contributed by atoms with E-state index in [0.29, 0.717) is 19.4 Å². The van der Waals surface area contributed by atoms with E-state index >= 15 is 0 Å². The molecule has 0 aliphatic carbocycles. The minimum Gasteiger partial charge on any atom is -0.466 e. The van der Waals surface area contributed by atoms with Gasteiger partial charge in [0.25, 0.3) is 0 Å². The van der Waals surface area contributed by atoms with Crippen LogP contribution in [0.15, 0.2) is 24.3 Å². The molecule has 1 fully saturated rings. The lowest BCUT2D eigenvalue weighted by Crippen LogP contribution is -2.60. The van der Waals surface area contributed by atoms with Gasteiger partial charge in [-0.2, -0.15) is 0 Å². The molecule has 1 rings (SSSR count). The fourth-order valence-corrected chi connectivity index (χ4v) is 12.8. The number of aliphatic hydroxyl groups is 5. The number of amides is 1. The van der Waals surface area contributed by atoms with Gasteiger partial charge in [-0.15, -0.1) is 0 Å². The Labute approximate surface area is 556 Å². The van der Waals surface area contributed by atoms with Crippen LogP contribution in [-0.4, -0.2) is 100 Å². The monoisotopic (exact) mass is 1270 g/mol. The van der Waals surface area contributed by atoms with Crippen LogP contribution in [0.4, 0.5) is 0 Å². The summed E-state index contributed by atoms with van der Waals surface area (Å²) in [6.07, 6.45) is 77.9. The molecule has 1 amide bonds. The van der Waals surface area contributed by atoms with Crippen LogP contribution in [0.5, 0.6) is 0 Å². The van der Waals surface area contributed by atoms with Crippen LogP contribution >= 0.6 is 0 Å². The highest BCUT2D eigenvalue weighted by molar-refractivity contribution is 5.76. The molecule has 90 heavy (non-hydrogen) atoms. The molecule has 0 aromatic heterocycles. The Morgan fingerprint density at radius 1 is 0.400 bits per heavy atom. The van der Waals surface area contributed by atoms with Gasteiger partial charge in [-0.1, -0.05) is 366 Å². The summed E-state index contributed by atoms with van der Waals surface area (Å²) >= 11 is 0. The molecule has 0 radical (unpaired) electrons. The highest BCUT2D eigenvalue weighted by Crippen LogP contribution is 2.24. The highest BCUT2D eigenvalue weighted by atomic mass is 16.7. The Kier molecular flexibility index (Phi) is 65.6. The van der Waals surface area contributed by atoms with Crippen LogP contribution in [0.3, 0.4) is 0 Å². The van der Waals surface area contributed by atoms with Crippen molar-refractivity contribution in [3.8, 4) is 0 Å². The number of esters is 1. The lowest BCUT2D eigenvalue weighted by Gasteiger charge is -2.40. The summed E-state index contributed by atoms with van der Waals surface area (Å²) in [5.74, 6) is -0.166. The molecular weight excluding hydrogens is 1120 g/mol. The molecule has 1 aliphatic rings. The first-order chi connectivity index (χ1) is 44.2. The van der Waals surface area contributed by atoms with Gasteiger partial charge in [-0.05, 0) is 51.4 Å². The number of hydrogen-bond acceptors (Lipinski definition) is 10. The molecule has 11 nitrogen and oxygen atoms in total. The minimum atomic E-state index is -1.57. The number of carbonyl (C=O) groups excluding carboxylic acids is 2. The average molecular weight is 1280 g/mol. The summed E-state index contributed by atoms with van der Waals surface area (Å²) in [6.45, 7) is 4.35. The predicted octanol–water partition coefficient (Wildman–Crippen LogP) is 21.1. The topological polar surface area (TPSA) is 175 Å². The first-order valence-corrected chi connectivity index (χ1v) is 39.6. The third-order valence-corrected chi connectivity index (χ3v) is 19.1. The summed E-state index contributed by atoms with van der Waals surface area (Å²) in [5.41, 5.74) is 0. The number of aliphatic hydroxyl groups excluding tert-OH is 5. The molecule has 0 saturated carbocycles. The fourth-order valence-electron chi connectivity index (χ4n) is 12.8. The van der Waals surface area contributed by atoms with Gasteiger partial charge in [0.15, 0.2) is 6.29 Å². The fraction of sp³-hybridized carbons (Fsp3) is 0.924. The number of hydrogen-bond donors (Lipinski definition) is 6. The van der Waals surface area contributed by atoms with E-state index in [0.717, 1.165) is 57.8 Å². The van der Waals surface area contributed by atoms with Gasteiger partial charge in [-0.3, -0.25) is 9.59 Å². The average Bonchev–Trinajstić information content (AvgIpc) is 1.36. The third kappa shape index (κ3) is 56.5. The van der Waals surface area contributed by atoms with Crippen molar-refractivity contribution in [2.75, 3.05) is 19.8 Å². The van der Waals surface area contributed by atoms with E-state index in [4.69, 9.17) is 14.2 Å². The van der Waals surface area contributed by atoms with Crippen molar-refractivity contribution in [2.24, 2.45) is 0 Å². The minimum absolute atomic E-state index is 0.00779. The molecule has 532 valence electrons. The number of unbranched alkanes of at least 4 members (excludes halogenated alkanes) is 55. The van der Waals surface area contributed by atoms with E-state index in [1.54, 1.807) is 6.08 Å². The standard InChI is InChI=1S/C79H151NO10/c1-3-5-7-9-11-13-15-46-49-53-57-61-65-72(82)71(70-89-79-78(87)77(86)76(85)73(69-81)90-79)80-74(83)66-62-58-54-50-47-43-41-39-37-35-33-31-29-27-25-23-21-19-17-16-18-20-22-24-26-28-30-32-34-36-38-40-42-44-48-52-56-60-64-68-88-75(84)67-63-59-55-51-45-14-12-10-8-6-4-2/h10,12,61,65,71-73,76-79,81-82,85-87H,3-9,11,13-60,62-64,66-70H2,1-2H3,(H,80,83)/b12-10-,65-61+. The van der Waals surface area contributed by atoms with Gasteiger partial charge in [-0.25, -0.2) is 0 Å². The Morgan fingerprint density at radius 2 is 0.722 bits per heavy atom. The largest absolute Gasteiger partial charge is 0.466 e. The molecular formula is C79H151NO10. The number of carbonyl (C=O) groups is 2. The van der Waals surface area contributed by atoms with Crippen molar-refractivity contribution in [2.45, 2.75) is 448 Å². The number of ether oxygens (including phenoxy) is 3. The van der Waals surface area contributed by atoms with Crippen molar-refractivity contribution in [3.63, 3.8) is 0 Å². The second-order valence-electron chi connectivity index (χ2n) is 27.8. The summed E-state index contributed by atoms with van der Waals surface area (Å²) in [5, 5.41) is 54.5. The molecule has 7 unspecified atom stereocenters. The van der Waals surface area contributed by atoms with E-state index < -0.39 is 49.5 Å². The van der Waals surface area contributed by atoms with E-state index in [1.165, 1.54) is 321 Å². The zero-order chi connectivity index (χ0) is 65.1. The van der Waals surface area contributed by atoms with Gasteiger partial charge in [0.05, 0.1) is 32.0 Å². The van der Waals surface area contributed by atoms with Crippen LogP contribution in [0.1, 0.15) is 406 Å². The van der Waals surface area contributed by atoms with Crippen LogP contribution in [-0.2, 0) is 23.8 Å². The van der Waals surface area contributed by atoms with Crippen LogP contribution in [0, 0.1) is 0 Å². The SMILES string of the molecule is CCCC/C=C\CCCCCCCC(=O)OCCCCCCCCCCCCCCCCCCCCCCCCCCCCCCCCCCCCCCCCCC(=O)NC(COC1OC(CO)C(O)C(O)C1O)C(O)/C=C/CCCCCCCCCCCC. The van der Waals surface area contributed by atoms with Gasteiger partial charge < -0.3 is 45.1 Å². The second-order valence-corrected chi connectivity index (χ2v) is 27.8. The van der Waals surface area contributed by atoms with Gasteiger partial charge in [0.2, 0.25) is 5.91 Å². The van der Waals surface area contributed by atoms with Crippen LogP contribution < -0.4 is 5.32 Å². The molecule has 1 aliphatic heterocycles. The molecule has 11 heteroatoms. The molecule has 0 aromatic rings. The van der Waals surface area contributed by atoms with E-state index in [-0.39, 0.29) is 18.5 Å². The third-order valence-electron chi connectivity index (χ3n) is 19.1. The molecule has 0 spiro atoms. The Bertz CT molecular complexity index is 1540. The Morgan fingerprint density at radius 3 is 1.10 bits per heavy atom. The quantitative estimate of drug-likeness (QED) is 0.0195. The zero-order valence-corrected chi connectivity index (χ0v) is 59.4.